The van der Waals surface area contributed by atoms with Crippen molar-refractivity contribution in [3.05, 3.63) is 0 Å². The standard InChI is InChI=1S/C10H17F2NO5S2/c11-10(12,20(16,17)18)19(14,15)13-7-3-5-8-4-1-2-6-9(8)13/h8-9H,1-7H2,(H,16,17,18). The lowest BCUT2D eigenvalue weighted by Crippen LogP contribution is -2.56. The Morgan fingerprint density at radius 2 is 1.55 bits per heavy atom. The maximum absolute atomic E-state index is 13.6. The molecule has 6 nitrogen and oxygen atoms in total. The Kier molecular flexibility index (Phi) is 4.13. The number of halogens is 2. The van der Waals surface area contributed by atoms with Crippen molar-refractivity contribution in [3.8, 4) is 0 Å². The number of alkyl halides is 2. The Labute approximate surface area is 116 Å². The fourth-order valence-electron chi connectivity index (χ4n) is 3.15. The van der Waals surface area contributed by atoms with Crippen LogP contribution in [-0.4, -0.2) is 42.9 Å². The third-order valence-electron chi connectivity index (χ3n) is 4.10. The molecule has 0 bridgehead atoms. The molecule has 2 fully saturated rings. The van der Waals surface area contributed by atoms with E-state index in [1.807, 2.05) is 0 Å². The van der Waals surface area contributed by atoms with Gasteiger partial charge in [0.2, 0.25) is 0 Å². The highest BCUT2D eigenvalue weighted by atomic mass is 32.3. The predicted molar refractivity (Wildman–Crippen MR) is 67.1 cm³/mol. The molecule has 1 aliphatic carbocycles. The summed E-state index contributed by atoms with van der Waals surface area (Å²) in [6.45, 7) is -0.130. The smallest absolute Gasteiger partial charge is 0.280 e. The van der Waals surface area contributed by atoms with E-state index < -0.39 is 30.8 Å². The van der Waals surface area contributed by atoms with Crippen molar-refractivity contribution < 1.29 is 30.2 Å². The van der Waals surface area contributed by atoms with E-state index in [0.717, 1.165) is 25.7 Å². The number of hydrogen-bond donors (Lipinski definition) is 1. The summed E-state index contributed by atoms with van der Waals surface area (Å²) in [5, 5.41) is 0. The molecule has 1 aliphatic heterocycles. The van der Waals surface area contributed by atoms with Gasteiger partial charge in [0.25, 0.3) is 10.0 Å². The average Bonchev–Trinajstić information content (AvgIpc) is 2.36. The number of nitrogens with zero attached hydrogens (tertiary/aromatic N) is 1. The fourth-order valence-corrected chi connectivity index (χ4v) is 5.78. The van der Waals surface area contributed by atoms with Crippen molar-refractivity contribution in [3.63, 3.8) is 0 Å². The minimum atomic E-state index is -6.01. The molecule has 0 aromatic rings. The second kappa shape index (κ2) is 5.15. The fraction of sp³-hybridized carbons (Fsp3) is 1.00. The van der Waals surface area contributed by atoms with Gasteiger partial charge in [-0.3, -0.25) is 4.55 Å². The first-order chi connectivity index (χ1) is 9.09. The lowest BCUT2D eigenvalue weighted by molar-refractivity contribution is 0.104. The monoisotopic (exact) mass is 333 g/mol. The molecule has 0 radical (unpaired) electrons. The third-order valence-corrected chi connectivity index (χ3v) is 7.64. The molecule has 0 amide bonds. The van der Waals surface area contributed by atoms with Crippen LogP contribution in [0.1, 0.15) is 38.5 Å². The van der Waals surface area contributed by atoms with Crippen LogP contribution in [0, 0.1) is 5.92 Å². The summed E-state index contributed by atoms with van der Waals surface area (Å²) in [4.78, 5) is 0. The Bertz CT molecular complexity index is 572. The van der Waals surface area contributed by atoms with Gasteiger partial charge in [-0.2, -0.15) is 21.5 Å². The first-order valence-corrected chi connectivity index (χ1v) is 9.33. The molecule has 20 heavy (non-hydrogen) atoms. The van der Waals surface area contributed by atoms with E-state index in [-0.39, 0.29) is 12.5 Å². The van der Waals surface area contributed by atoms with Crippen LogP contribution in [0.3, 0.4) is 0 Å². The maximum Gasteiger partial charge on any atom is 0.484 e. The van der Waals surface area contributed by atoms with E-state index in [1.54, 1.807) is 0 Å². The SMILES string of the molecule is O=S(=O)(O)C(F)(F)S(=O)(=O)N1CCCC2CCCCC21. The van der Waals surface area contributed by atoms with E-state index in [9.17, 15) is 25.6 Å². The highest BCUT2D eigenvalue weighted by Gasteiger charge is 2.61. The number of piperidine rings is 1. The minimum Gasteiger partial charge on any atom is -0.280 e. The summed E-state index contributed by atoms with van der Waals surface area (Å²) in [7, 11) is -11.4. The van der Waals surface area contributed by atoms with Gasteiger partial charge in [0.15, 0.2) is 0 Å². The highest BCUT2D eigenvalue weighted by Crippen LogP contribution is 2.41. The van der Waals surface area contributed by atoms with Crippen molar-refractivity contribution in [2.45, 2.75) is 49.2 Å². The normalized spacial score (nSPS) is 29.9. The van der Waals surface area contributed by atoms with Gasteiger partial charge in [-0.1, -0.05) is 12.8 Å². The van der Waals surface area contributed by atoms with Gasteiger partial charge in [-0.15, -0.1) is 0 Å². The van der Waals surface area contributed by atoms with Gasteiger partial charge in [-0.05, 0) is 31.6 Å². The quantitative estimate of drug-likeness (QED) is 0.789. The topological polar surface area (TPSA) is 91.7 Å². The predicted octanol–water partition coefficient (Wildman–Crippen LogP) is 1.41. The molecule has 1 N–H and O–H groups in total. The molecule has 118 valence electrons. The van der Waals surface area contributed by atoms with E-state index in [4.69, 9.17) is 4.55 Å². The largest absolute Gasteiger partial charge is 0.484 e. The van der Waals surface area contributed by atoms with Crippen LogP contribution in [0.5, 0.6) is 0 Å². The Balaban J connectivity index is 2.38. The zero-order valence-corrected chi connectivity index (χ0v) is 12.3. The van der Waals surface area contributed by atoms with Gasteiger partial charge in [-0.25, -0.2) is 8.42 Å². The molecule has 1 heterocycles. The van der Waals surface area contributed by atoms with Crippen molar-refractivity contribution >= 4 is 20.1 Å². The number of sulfonamides is 1. The van der Waals surface area contributed by atoms with Crippen molar-refractivity contribution in [2.75, 3.05) is 6.54 Å². The summed E-state index contributed by atoms with van der Waals surface area (Å²) in [6, 6.07) is -0.588. The van der Waals surface area contributed by atoms with Crippen LogP contribution in [0.4, 0.5) is 8.78 Å². The maximum atomic E-state index is 13.6. The van der Waals surface area contributed by atoms with Crippen LogP contribution in [0.15, 0.2) is 0 Å². The van der Waals surface area contributed by atoms with E-state index >= 15 is 0 Å². The summed E-state index contributed by atoms with van der Waals surface area (Å²) < 4.78 is 76.4. The summed E-state index contributed by atoms with van der Waals surface area (Å²) >= 11 is 0. The van der Waals surface area contributed by atoms with Crippen LogP contribution >= 0.6 is 0 Å². The molecule has 1 saturated heterocycles. The number of hydrogen-bond acceptors (Lipinski definition) is 4. The van der Waals surface area contributed by atoms with Crippen molar-refractivity contribution in [1.29, 1.82) is 0 Å². The first kappa shape index (κ1) is 16.1. The van der Waals surface area contributed by atoms with Crippen LogP contribution in [-0.2, 0) is 20.1 Å². The van der Waals surface area contributed by atoms with Gasteiger partial charge >= 0.3 is 14.7 Å². The zero-order chi connectivity index (χ0) is 15.2. The highest BCUT2D eigenvalue weighted by molar-refractivity contribution is 8.06. The average molecular weight is 333 g/mol. The molecular weight excluding hydrogens is 316 g/mol. The van der Waals surface area contributed by atoms with Crippen LogP contribution in [0.2, 0.25) is 0 Å². The summed E-state index contributed by atoms with van der Waals surface area (Å²) in [5.74, 6) is -0.00975. The van der Waals surface area contributed by atoms with Crippen molar-refractivity contribution in [1.82, 2.24) is 4.31 Å². The van der Waals surface area contributed by atoms with Gasteiger partial charge in [0.05, 0.1) is 0 Å². The second-order valence-corrected chi connectivity index (χ2v) is 8.96. The number of fused-ring (bicyclic) bond motifs is 1. The first-order valence-electron chi connectivity index (χ1n) is 6.45. The molecule has 0 aromatic carbocycles. The second-order valence-electron chi connectivity index (χ2n) is 5.31. The minimum absolute atomic E-state index is 0.00975. The van der Waals surface area contributed by atoms with Gasteiger partial charge in [0, 0.05) is 12.6 Å². The van der Waals surface area contributed by atoms with Crippen LogP contribution < -0.4 is 0 Å². The van der Waals surface area contributed by atoms with Crippen LogP contribution in [0.25, 0.3) is 0 Å². The summed E-state index contributed by atoms with van der Waals surface area (Å²) in [5.41, 5.74) is 0. The number of rotatable bonds is 3. The van der Waals surface area contributed by atoms with Gasteiger partial charge < -0.3 is 0 Å². The molecular formula is C10H17F2NO5S2. The molecule has 2 unspecified atom stereocenters. The lowest BCUT2D eigenvalue weighted by Gasteiger charge is -2.43. The molecule has 0 spiro atoms. The van der Waals surface area contributed by atoms with Gasteiger partial charge in [0.1, 0.15) is 0 Å². The molecule has 2 rings (SSSR count). The van der Waals surface area contributed by atoms with E-state index in [0.29, 0.717) is 17.1 Å². The molecule has 2 aliphatic rings. The van der Waals surface area contributed by atoms with E-state index in [1.165, 1.54) is 0 Å². The molecule has 0 aromatic heterocycles. The Morgan fingerprint density at radius 3 is 2.15 bits per heavy atom. The molecule has 2 atom stereocenters. The Morgan fingerprint density at radius 1 is 1.00 bits per heavy atom. The molecule has 1 saturated carbocycles. The third kappa shape index (κ3) is 2.46. The lowest BCUT2D eigenvalue weighted by atomic mass is 9.79. The zero-order valence-electron chi connectivity index (χ0n) is 10.7. The van der Waals surface area contributed by atoms with E-state index in [2.05, 4.69) is 0 Å². The molecule has 10 heteroatoms. The van der Waals surface area contributed by atoms with Crippen molar-refractivity contribution in [2.24, 2.45) is 5.92 Å². The summed E-state index contributed by atoms with van der Waals surface area (Å²) in [6.07, 6.45) is 4.03. The Hall–Kier alpha value is -0.320.